The van der Waals surface area contributed by atoms with Crippen molar-refractivity contribution < 1.29 is 8.42 Å². The molecule has 0 bridgehead atoms. The van der Waals surface area contributed by atoms with Gasteiger partial charge in [-0.1, -0.05) is 6.07 Å². The minimum atomic E-state index is -3.53. The molecular weight excluding hydrogens is 362 g/mol. The van der Waals surface area contributed by atoms with Crippen molar-refractivity contribution in [2.45, 2.75) is 18.0 Å². The van der Waals surface area contributed by atoms with Crippen LogP contribution in [0.15, 0.2) is 39.3 Å². The summed E-state index contributed by atoms with van der Waals surface area (Å²) < 4.78 is 27.7. The topological polar surface area (TPSA) is 71.1 Å². The second kappa shape index (κ2) is 6.77. The number of rotatable bonds is 6. The zero-order valence-corrected chi connectivity index (χ0v) is 14.0. The van der Waals surface area contributed by atoms with Gasteiger partial charge in [-0.15, -0.1) is 11.3 Å². The third kappa shape index (κ3) is 3.86. The number of thiophene rings is 1. The first-order valence-corrected chi connectivity index (χ1v) is 8.93. The Morgan fingerprint density at radius 2 is 2.20 bits per heavy atom. The molecule has 5 nitrogen and oxygen atoms in total. The molecule has 0 saturated carbocycles. The van der Waals surface area contributed by atoms with Gasteiger partial charge in [-0.05, 0) is 40.7 Å². The molecule has 108 valence electrons. The van der Waals surface area contributed by atoms with Crippen molar-refractivity contribution in [3.8, 4) is 0 Å². The van der Waals surface area contributed by atoms with E-state index in [9.17, 15) is 8.42 Å². The number of hydrogen-bond acceptors (Lipinski definition) is 5. The summed E-state index contributed by atoms with van der Waals surface area (Å²) >= 11 is 4.72. The van der Waals surface area contributed by atoms with Gasteiger partial charge in [0.25, 0.3) is 0 Å². The summed E-state index contributed by atoms with van der Waals surface area (Å²) in [5.74, 6) is 0. The molecule has 0 aliphatic heterocycles. The molecule has 0 spiro atoms. The maximum Gasteiger partial charge on any atom is 0.242 e. The van der Waals surface area contributed by atoms with Crippen molar-refractivity contribution in [2.24, 2.45) is 0 Å². The van der Waals surface area contributed by atoms with Crippen molar-refractivity contribution in [2.75, 3.05) is 7.05 Å². The second-order valence-electron chi connectivity index (χ2n) is 4.07. The van der Waals surface area contributed by atoms with Gasteiger partial charge in [-0.2, -0.15) is 0 Å². The van der Waals surface area contributed by atoms with Crippen molar-refractivity contribution in [3.63, 3.8) is 0 Å². The van der Waals surface area contributed by atoms with Gasteiger partial charge in [0.1, 0.15) is 4.90 Å². The maximum absolute atomic E-state index is 12.3. The van der Waals surface area contributed by atoms with Crippen molar-refractivity contribution in [3.05, 3.63) is 44.8 Å². The number of aromatic nitrogens is 1. The molecule has 0 radical (unpaired) electrons. The summed E-state index contributed by atoms with van der Waals surface area (Å²) in [6, 6.07) is 5.27. The molecule has 2 aromatic rings. The van der Waals surface area contributed by atoms with E-state index < -0.39 is 10.0 Å². The molecule has 20 heavy (non-hydrogen) atoms. The molecule has 8 heteroatoms. The summed E-state index contributed by atoms with van der Waals surface area (Å²) in [6.45, 7) is 0.862. The lowest BCUT2D eigenvalue weighted by atomic mass is 10.3. The Labute approximate surface area is 130 Å². The Morgan fingerprint density at radius 3 is 2.85 bits per heavy atom. The highest BCUT2D eigenvalue weighted by atomic mass is 79.9. The van der Waals surface area contributed by atoms with Crippen LogP contribution in [0.1, 0.15) is 10.4 Å². The van der Waals surface area contributed by atoms with Crippen molar-refractivity contribution in [1.82, 2.24) is 15.0 Å². The average molecular weight is 376 g/mol. The Bertz CT molecular complexity index is 671. The van der Waals surface area contributed by atoms with Crippen LogP contribution < -0.4 is 10.0 Å². The number of sulfonamides is 1. The van der Waals surface area contributed by atoms with Gasteiger partial charge in [0.15, 0.2) is 0 Å². The molecule has 0 aliphatic carbocycles. The van der Waals surface area contributed by atoms with E-state index >= 15 is 0 Å². The first-order valence-electron chi connectivity index (χ1n) is 5.84. The van der Waals surface area contributed by atoms with Crippen LogP contribution in [-0.2, 0) is 23.1 Å². The average Bonchev–Trinajstić information content (AvgIpc) is 2.80. The highest BCUT2D eigenvalue weighted by Gasteiger charge is 2.20. The lowest BCUT2D eigenvalue weighted by Crippen LogP contribution is -2.23. The maximum atomic E-state index is 12.3. The van der Waals surface area contributed by atoms with Crippen molar-refractivity contribution >= 4 is 37.3 Å². The van der Waals surface area contributed by atoms with E-state index in [1.54, 1.807) is 24.5 Å². The summed E-state index contributed by atoms with van der Waals surface area (Å²) in [5.41, 5.74) is 0.817. The molecule has 0 aromatic carbocycles. The third-order valence-corrected chi connectivity index (χ3v) is 6.19. The first kappa shape index (κ1) is 15.6. The van der Waals surface area contributed by atoms with Crippen LogP contribution in [0.3, 0.4) is 0 Å². The Kier molecular flexibility index (Phi) is 5.28. The zero-order valence-electron chi connectivity index (χ0n) is 10.8. The minimum Gasteiger partial charge on any atom is -0.315 e. The lowest BCUT2D eigenvalue weighted by molar-refractivity contribution is 0.581. The smallest absolute Gasteiger partial charge is 0.242 e. The molecule has 2 N–H and O–H groups in total. The number of nitrogens with zero attached hydrogens (tertiary/aromatic N) is 1. The number of nitrogens with one attached hydrogen (secondary N) is 2. The van der Waals surface area contributed by atoms with E-state index in [1.165, 1.54) is 11.3 Å². The number of hydrogen-bond donors (Lipinski definition) is 2. The molecule has 0 unspecified atom stereocenters. The highest BCUT2D eigenvalue weighted by molar-refractivity contribution is 9.11. The third-order valence-electron chi connectivity index (χ3n) is 2.54. The fourth-order valence-corrected chi connectivity index (χ4v) is 5.31. The van der Waals surface area contributed by atoms with E-state index in [0.717, 1.165) is 10.4 Å². The largest absolute Gasteiger partial charge is 0.315 e. The summed E-state index contributed by atoms with van der Waals surface area (Å²) in [7, 11) is -1.71. The van der Waals surface area contributed by atoms with Crippen LogP contribution in [0.5, 0.6) is 0 Å². The summed E-state index contributed by atoms with van der Waals surface area (Å²) in [5, 5.41) is 3.00. The van der Waals surface area contributed by atoms with Crippen LogP contribution in [-0.4, -0.2) is 20.4 Å². The van der Waals surface area contributed by atoms with Crippen LogP contribution in [0.2, 0.25) is 0 Å². The van der Waals surface area contributed by atoms with Gasteiger partial charge < -0.3 is 5.32 Å². The summed E-state index contributed by atoms with van der Waals surface area (Å²) in [4.78, 5) is 5.19. The van der Waals surface area contributed by atoms with Gasteiger partial charge >= 0.3 is 0 Å². The Hall–Kier alpha value is -0.800. The monoisotopic (exact) mass is 375 g/mol. The molecular formula is C12H14BrN3O2S2. The molecule has 2 heterocycles. The van der Waals surface area contributed by atoms with Gasteiger partial charge in [0.2, 0.25) is 10.0 Å². The normalized spacial score (nSPS) is 11.7. The number of pyridine rings is 1. The molecule has 2 rings (SSSR count). The highest BCUT2D eigenvalue weighted by Crippen LogP contribution is 2.31. The SMILES string of the molecule is CNCc1cc(S(=O)(=O)NCc2cccnc2)c(Br)s1. The predicted molar refractivity (Wildman–Crippen MR) is 83.0 cm³/mol. The molecule has 0 fully saturated rings. The van der Waals surface area contributed by atoms with E-state index in [4.69, 9.17) is 0 Å². The van der Waals surface area contributed by atoms with Crippen LogP contribution >= 0.6 is 27.3 Å². The minimum absolute atomic E-state index is 0.222. The van der Waals surface area contributed by atoms with E-state index in [2.05, 4.69) is 31.0 Å². The fraction of sp³-hybridized carbons (Fsp3) is 0.250. The van der Waals surface area contributed by atoms with Gasteiger partial charge in [0, 0.05) is 30.4 Å². The predicted octanol–water partition coefficient (Wildman–Crippen LogP) is 2.10. The standard InChI is InChI=1S/C12H14BrN3O2S2/c1-14-8-10-5-11(12(13)19-10)20(17,18)16-7-9-3-2-4-15-6-9/h2-6,14,16H,7-8H2,1H3. The summed E-state index contributed by atoms with van der Waals surface area (Å²) in [6.07, 6.45) is 3.29. The molecule has 2 aromatic heterocycles. The quantitative estimate of drug-likeness (QED) is 0.810. The van der Waals surface area contributed by atoms with Crippen LogP contribution in [0, 0.1) is 0 Å². The molecule has 0 amide bonds. The Morgan fingerprint density at radius 1 is 1.40 bits per heavy atom. The zero-order chi connectivity index (χ0) is 14.6. The molecule has 0 atom stereocenters. The van der Waals surface area contributed by atoms with Crippen LogP contribution in [0.25, 0.3) is 0 Å². The lowest BCUT2D eigenvalue weighted by Gasteiger charge is -2.05. The molecule has 0 aliphatic rings. The van der Waals surface area contributed by atoms with E-state index in [0.29, 0.717) is 10.3 Å². The van der Waals surface area contributed by atoms with Crippen molar-refractivity contribution in [1.29, 1.82) is 0 Å². The van der Waals surface area contributed by atoms with E-state index in [1.807, 2.05) is 13.1 Å². The van der Waals surface area contributed by atoms with Crippen LogP contribution in [0.4, 0.5) is 0 Å². The van der Waals surface area contributed by atoms with Gasteiger partial charge in [-0.3, -0.25) is 4.98 Å². The Balaban J connectivity index is 2.14. The molecule has 0 saturated heterocycles. The first-order chi connectivity index (χ1) is 9.53. The van der Waals surface area contributed by atoms with E-state index in [-0.39, 0.29) is 11.4 Å². The fourth-order valence-electron chi connectivity index (χ4n) is 1.60. The van der Waals surface area contributed by atoms with Gasteiger partial charge in [0.05, 0.1) is 3.79 Å². The second-order valence-corrected chi connectivity index (χ2v) is 8.26. The number of halogens is 1. The van der Waals surface area contributed by atoms with Gasteiger partial charge in [-0.25, -0.2) is 13.1 Å².